The first-order valence-electron chi connectivity index (χ1n) is 5.45. The third-order valence-electron chi connectivity index (χ3n) is 2.55. The number of nitrogens with two attached hydrogens (primary N) is 1. The SMILES string of the molecule is Nc1ccc2ncnc(NCc3nccs3)c2c1. The average Bonchev–Trinajstić information content (AvgIpc) is 2.89. The van der Waals surface area contributed by atoms with Crippen LogP contribution in [-0.2, 0) is 6.54 Å². The van der Waals surface area contributed by atoms with Gasteiger partial charge in [0.25, 0.3) is 0 Å². The zero-order valence-corrected chi connectivity index (χ0v) is 10.3. The minimum Gasteiger partial charge on any atom is -0.399 e. The summed E-state index contributed by atoms with van der Waals surface area (Å²) in [5.41, 5.74) is 7.37. The van der Waals surface area contributed by atoms with E-state index >= 15 is 0 Å². The molecule has 0 aliphatic rings. The molecule has 3 rings (SSSR count). The fourth-order valence-corrected chi connectivity index (χ4v) is 2.27. The summed E-state index contributed by atoms with van der Waals surface area (Å²) in [6, 6.07) is 5.60. The van der Waals surface area contributed by atoms with Crippen molar-refractivity contribution in [2.45, 2.75) is 6.54 Å². The van der Waals surface area contributed by atoms with Crippen molar-refractivity contribution in [3.8, 4) is 0 Å². The van der Waals surface area contributed by atoms with Crippen LogP contribution in [0, 0.1) is 0 Å². The molecule has 0 bridgehead atoms. The fraction of sp³-hybridized carbons (Fsp3) is 0.0833. The van der Waals surface area contributed by atoms with Crippen LogP contribution in [0.5, 0.6) is 0 Å². The second-order valence-corrected chi connectivity index (χ2v) is 4.76. The Bertz CT molecular complexity index is 665. The zero-order chi connectivity index (χ0) is 12.4. The van der Waals surface area contributed by atoms with E-state index in [-0.39, 0.29) is 0 Å². The molecule has 18 heavy (non-hydrogen) atoms. The van der Waals surface area contributed by atoms with E-state index in [9.17, 15) is 0 Å². The van der Waals surface area contributed by atoms with Crippen molar-refractivity contribution in [3.63, 3.8) is 0 Å². The lowest BCUT2D eigenvalue weighted by Crippen LogP contribution is -2.02. The lowest BCUT2D eigenvalue weighted by molar-refractivity contribution is 1.07. The van der Waals surface area contributed by atoms with E-state index in [0.717, 1.165) is 21.7 Å². The smallest absolute Gasteiger partial charge is 0.137 e. The Morgan fingerprint density at radius 2 is 2.17 bits per heavy atom. The Morgan fingerprint density at radius 3 is 3.00 bits per heavy atom. The number of hydrogen-bond donors (Lipinski definition) is 2. The normalized spacial score (nSPS) is 10.7. The molecule has 3 aromatic rings. The van der Waals surface area contributed by atoms with Gasteiger partial charge in [0.15, 0.2) is 0 Å². The van der Waals surface area contributed by atoms with Crippen molar-refractivity contribution in [1.29, 1.82) is 0 Å². The van der Waals surface area contributed by atoms with Gasteiger partial charge < -0.3 is 11.1 Å². The number of aromatic nitrogens is 3. The molecule has 0 aliphatic heterocycles. The van der Waals surface area contributed by atoms with Gasteiger partial charge in [-0.3, -0.25) is 0 Å². The first-order chi connectivity index (χ1) is 8.83. The second-order valence-electron chi connectivity index (χ2n) is 3.78. The van der Waals surface area contributed by atoms with Crippen LogP contribution >= 0.6 is 11.3 Å². The van der Waals surface area contributed by atoms with Crippen LogP contribution in [0.2, 0.25) is 0 Å². The van der Waals surface area contributed by atoms with E-state index in [4.69, 9.17) is 5.73 Å². The molecule has 5 nitrogen and oxygen atoms in total. The van der Waals surface area contributed by atoms with Crippen LogP contribution in [0.1, 0.15) is 5.01 Å². The van der Waals surface area contributed by atoms with E-state index in [0.29, 0.717) is 12.2 Å². The van der Waals surface area contributed by atoms with Crippen molar-refractivity contribution in [1.82, 2.24) is 15.0 Å². The molecule has 0 saturated carbocycles. The van der Waals surface area contributed by atoms with Crippen LogP contribution in [0.3, 0.4) is 0 Å². The summed E-state index contributed by atoms with van der Waals surface area (Å²) in [6.07, 6.45) is 3.33. The van der Waals surface area contributed by atoms with Gasteiger partial charge in [-0.1, -0.05) is 0 Å². The third-order valence-corrected chi connectivity index (χ3v) is 3.33. The quantitative estimate of drug-likeness (QED) is 0.704. The number of rotatable bonds is 3. The number of hydrogen-bond acceptors (Lipinski definition) is 6. The van der Waals surface area contributed by atoms with Gasteiger partial charge in [-0.05, 0) is 18.2 Å². The average molecular weight is 257 g/mol. The molecule has 0 aliphatic carbocycles. The zero-order valence-electron chi connectivity index (χ0n) is 9.50. The number of nitrogen functional groups attached to an aromatic ring is 1. The minimum atomic E-state index is 0.651. The molecule has 0 saturated heterocycles. The van der Waals surface area contributed by atoms with Crippen molar-refractivity contribution in [2.75, 3.05) is 11.1 Å². The molecule has 0 unspecified atom stereocenters. The van der Waals surface area contributed by atoms with Gasteiger partial charge in [0.2, 0.25) is 0 Å². The molecular weight excluding hydrogens is 246 g/mol. The summed E-state index contributed by atoms with van der Waals surface area (Å²) < 4.78 is 0. The Labute approximate surface area is 108 Å². The van der Waals surface area contributed by atoms with E-state index in [1.807, 2.05) is 23.6 Å². The van der Waals surface area contributed by atoms with E-state index in [1.54, 1.807) is 23.9 Å². The molecule has 0 fully saturated rings. The first-order valence-corrected chi connectivity index (χ1v) is 6.33. The lowest BCUT2D eigenvalue weighted by atomic mass is 10.2. The molecule has 90 valence electrons. The maximum absolute atomic E-state index is 5.79. The van der Waals surface area contributed by atoms with Gasteiger partial charge in [-0.15, -0.1) is 11.3 Å². The third kappa shape index (κ3) is 2.10. The highest BCUT2D eigenvalue weighted by atomic mass is 32.1. The summed E-state index contributed by atoms with van der Waals surface area (Å²) in [5.74, 6) is 0.780. The molecule has 0 spiro atoms. The molecule has 2 heterocycles. The predicted octanol–water partition coefficient (Wildman–Crippen LogP) is 2.28. The molecule has 0 atom stereocenters. The fourth-order valence-electron chi connectivity index (χ4n) is 1.71. The highest BCUT2D eigenvalue weighted by Gasteiger charge is 2.04. The molecular formula is C12H11N5S. The van der Waals surface area contributed by atoms with Crippen LogP contribution in [0.4, 0.5) is 11.5 Å². The Balaban J connectivity index is 1.93. The van der Waals surface area contributed by atoms with Crippen molar-refractivity contribution >= 4 is 33.7 Å². The van der Waals surface area contributed by atoms with Crippen LogP contribution in [0.15, 0.2) is 36.1 Å². The van der Waals surface area contributed by atoms with Crippen LogP contribution in [0.25, 0.3) is 10.9 Å². The number of benzene rings is 1. The number of thiazole rings is 1. The van der Waals surface area contributed by atoms with E-state index in [2.05, 4.69) is 20.3 Å². The number of nitrogens with zero attached hydrogens (tertiary/aromatic N) is 3. The Hall–Kier alpha value is -2.21. The molecule has 6 heteroatoms. The summed E-state index contributed by atoms with van der Waals surface area (Å²) in [4.78, 5) is 12.7. The summed E-state index contributed by atoms with van der Waals surface area (Å²) in [7, 11) is 0. The molecule has 2 aromatic heterocycles. The standard InChI is InChI=1S/C12H11N5S/c13-8-1-2-10-9(5-8)12(17-7-16-10)15-6-11-14-3-4-18-11/h1-5,7H,6,13H2,(H,15,16,17). The molecule has 1 aromatic carbocycles. The van der Waals surface area contributed by atoms with Crippen molar-refractivity contribution < 1.29 is 0 Å². The summed E-state index contributed by atoms with van der Waals surface area (Å²) in [5, 5.41) is 7.15. The maximum atomic E-state index is 5.79. The lowest BCUT2D eigenvalue weighted by Gasteiger charge is -2.07. The second kappa shape index (κ2) is 4.58. The Morgan fingerprint density at radius 1 is 1.22 bits per heavy atom. The van der Waals surface area contributed by atoms with E-state index < -0.39 is 0 Å². The number of nitrogens with one attached hydrogen (secondary N) is 1. The van der Waals surface area contributed by atoms with Crippen molar-refractivity contribution in [2.24, 2.45) is 0 Å². The number of fused-ring (bicyclic) bond motifs is 1. The van der Waals surface area contributed by atoms with Gasteiger partial charge in [0.1, 0.15) is 17.2 Å². The highest BCUT2D eigenvalue weighted by molar-refractivity contribution is 7.09. The molecule has 3 N–H and O–H groups in total. The van der Waals surface area contributed by atoms with Gasteiger partial charge in [0.05, 0.1) is 12.1 Å². The molecule has 0 amide bonds. The van der Waals surface area contributed by atoms with Gasteiger partial charge >= 0.3 is 0 Å². The predicted molar refractivity (Wildman–Crippen MR) is 73.4 cm³/mol. The summed E-state index contributed by atoms with van der Waals surface area (Å²) in [6.45, 7) is 0.651. The first kappa shape index (κ1) is 10.9. The van der Waals surface area contributed by atoms with Gasteiger partial charge in [-0.25, -0.2) is 15.0 Å². The maximum Gasteiger partial charge on any atom is 0.137 e. The van der Waals surface area contributed by atoms with Gasteiger partial charge in [0, 0.05) is 22.7 Å². The van der Waals surface area contributed by atoms with Crippen LogP contribution in [-0.4, -0.2) is 15.0 Å². The largest absolute Gasteiger partial charge is 0.399 e. The minimum absolute atomic E-state index is 0.651. The van der Waals surface area contributed by atoms with Gasteiger partial charge in [-0.2, -0.15) is 0 Å². The van der Waals surface area contributed by atoms with E-state index in [1.165, 1.54) is 0 Å². The Kier molecular flexibility index (Phi) is 2.77. The monoisotopic (exact) mass is 257 g/mol. The van der Waals surface area contributed by atoms with Crippen LogP contribution < -0.4 is 11.1 Å². The topological polar surface area (TPSA) is 76.7 Å². The highest BCUT2D eigenvalue weighted by Crippen LogP contribution is 2.22. The number of anilines is 2. The summed E-state index contributed by atoms with van der Waals surface area (Å²) >= 11 is 1.61. The molecule has 0 radical (unpaired) electrons. The van der Waals surface area contributed by atoms with Crippen molar-refractivity contribution in [3.05, 3.63) is 41.1 Å².